The number of hydrogen-bond acceptors (Lipinski definition) is 4. The minimum atomic E-state index is -3.62. The molecule has 2 amide bonds. The average molecular weight is 462 g/mol. The summed E-state index contributed by atoms with van der Waals surface area (Å²) in [5, 5.41) is 6.05. The van der Waals surface area contributed by atoms with Crippen molar-refractivity contribution in [2.24, 2.45) is 0 Å². The van der Waals surface area contributed by atoms with Crippen molar-refractivity contribution in [3.63, 3.8) is 0 Å². The number of anilines is 2. The second-order valence-corrected chi connectivity index (χ2v) is 9.65. The van der Waals surface area contributed by atoms with Crippen LogP contribution in [0.15, 0.2) is 90.0 Å². The van der Waals surface area contributed by atoms with Crippen LogP contribution in [-0.4, -0.2) is 24.8 Å². The third kappa shape index (κ3) is 5.30. The normalized spacial score (nSPS) is 11.3. The van der Waals surface area contributed by atoms with Crippen LogP contribution < -0.4 is 10.6 Å². The largest absolute Gasteiger partial charge is 0.337 e. The Bertz CT molecular complexity index is 1410. The van der Waals surface area contributed by atoms with Crippen molar-refractivity contribution >= 4 is 43.9 Å². The molecule has 0 fully saturated rings. The van der Waals surface area contributed by atoms with Crippen LogP contribution in [-0.2, 0) is 31.7 Å². The summed E-state index contributed by atoms with van der Waals surface area (Å²) < 4.78 is 28.0. The number of fused-ring (bicyclic) bond motifs is 1. The fourth-order valence-corrected chi connectivity index (χ4v) is 5.24. The fraction of sp³-hybridized carbons (Fsp3) is 0.120. The second kappa shape index (κ2) is 9.30. The van der Waals surface area contributed by atoms with E-state index in [2.05, 4.69) is 10.6 Å². The van der Waals surface area contributed by atoms with Crippen LogP contribution in [0.4, 0.5) is 11.4 Å². The molecule has 4 rings (SSSR count). The summed E-state index contributed by atoms with van der Waals surface area (Å²) in [6.07, 6.45) is 1.53. The first-order valence-electron chi connectivity index (χ1n) is 10.3. The first-order valence-corrected chi connectivity index (χ1v) is 12.0. The number of carbonyl (C=O) groups excluding carboxylic acids is 2. The summed E-state index contributed by atoms with van der Waals surface area (Å²) >= 11 is 0. The van der Waals surface area contributed by atoms with Gasteiger partial charge in [0.1, 0.15) is 6.54 Å². The molecule has 0 aliphatic heterocycles. The van der Waals surface area contributed by atoms with E-state index in [1.54, 1.807) is 71.3 Å². The van der Waals surface area contributed by atoms with E-state index in [-0.39, 0.29) is 29.0 Å². The predicted molar refractivity (Wildman–Crippen MR) is 129 cm³/mol. The van der Waals surface area contributed by atoms with Gasteiger partial charge >= 0.3 is 0 Å². The number of benzene rings is 3. The van der Waals surface area contributed by atoms with Gasteiger partial charge < -0.3 is 15.2 Å². The molecule has 0 aliphatic carbocycles. The molecule has 0 bridgehead atoms. The Kier molecular flexibility index (Phi) is 6.28. The van der Waals surface area contributed by atoms with E-state index in [0.717, 1.165) is 0 Å². The van der Waals surface area contributed by atoms with Gasteiger partial charge in [-0.05, 0) is 35.9 Å². The van der Waals surface area contributed by atoms with Crippen molar-refractivity contribution in [2.45, 2.75) is 24.1 Å². The van der Waals surface area contributed by atoms with Crippen molar-refractivity contribution < 1.29 is 18.0 Å². The highest BCUT2D eigenvalue weighted by Crippen LogP contribution is 2.28. The number of amides is 2. The SMILES string of the molecule is CC(=O)Nc1ccc(NC(=O)Cn2cc(S(=O)(=O)Cc3ccccc3)c3ccccc32)cc1. The fourth-order valence-electron chi connectivity index (χ4n) is 3.66. The molecule has 7 nitrogen and oxygen atoms in total. The molecule has 0 unspecified atom stereocenters. The van der Waals surface area contributed by atoms with Gasteiger partial charge in [0.05, 0.1) is 10.6 Å². The smallest absolute Gasteiger partial charge is 0.244 e. The molecule has 0 saturated heterocycles. The Morgan fingerprint density at radius 1 is 0.818 bits per heavy atom. The monoisotopic (exact) mass is 461 g/mol. The van der Waals surface area contributed by atoms with Crippen molar-refractivity contribution in [1.82, 2.24) is 4.57 Å². The topological polar surface area (TPSA) is 97.3 Å². The highest BCUT2D eigenvalue weighted by Gasteiger charge is 2.22. The molecular weight excluding hydrogens is 438 g/mol. The maximum atomic E-state index is 13.2. The minimum Gasteiger partial charge on any atom is -0.337 e. The van der Waals surface area contributed by atoms with Gasteiger partial charge in [-0.15, -0.1) is 0 Å². The van der Waals surface area contributed by atoms with Crippen molar-refractivity contribution in [3.05, 3.63) is 90.6 Å². The number of aromatic nitrogens is 1. The first kappa shape index (κ1) is 22.3. The van der Waals surface area contributed by atoms with Gasteiger partial charge in [0.25, 0.3) is 0 Å². The molecule has 0 aliphatic rings. The summed E-state index contributed by atoms with van der Waals surface area (Å²) in [5.41, 5.74) is 2.57. The summed E-state index contributed by atoms with van der Waals surface area (Å²) in [6, 6.07) is 22.9. The highest BCUT2D eigenvalue weighted by molar-refractivity contribution is 7.90. The molecule has 1 heterocycles. The van der Waals surface area contributed by atoms with Crippen LogP contribution in [0.2, 0.25) is 0 Å². The van der Waals surface area contributed by atoms with Crippen LogP contribution in [0.1, 0.15) is 12.5 Å². The van der Waals surface area contributed by atoms with E-state index >= 15 is 0 Å². The Morgan fingerprint density at radius 3 is 2.09 bits per heavy atom. The zero-order valence-electron chi connectivity index (χ0n) is 18.0. The lowest BCUT2D eigenvalue weighted by Gasteiger charge is -2.08. The Hall–Kier alpha value is -3.91. The Balaban J connectivity index is 1.56. The maximum Gasteiger partial charge on any atom is 0.244 e. The average Bonchev–Trinajstić information content (AvgIpc) is 3.14. The summed E-state index contributed by atoms with van der Waals surface area (Å²) in [7, 11) is -3.62. The van der Waals surface area contributed by atoms with Crippen LogP contribution in [0.25, 0.3) is 10.9 Å². The van der Waals surface area contributed by atoms with E-state index in [4.69, 9.17) is 0 Å². The summed E-state index contributed by atoms with van der Waals surface area (Å²) in [5.74, 6) is -0.589. The quantitative estimate of drug-likeness (QED) is 0.431. The molecule has 0 radical (unpaired) electrons. The molecule has 0 atom stereocenters. The van der Waals surface area contributed by atoms with Gasteiger partial charge in [0.2, 0.25) is 11.8 Å². The van der Waals surface area contributed by atoms with Gasteiger partial charge in [-0.2, -0.15) is 0 Å². The number of sulfone groups is 1. The van der Waals surface area contributed by atoms with E-state index in [1.807, 2.05) is 12.1 Å². The molecule has 168 valence electrons. The number of nitrogens with one attached hydrogen (secondary N) is 2. The zero-order chi connectivity index (χ0) is 23.4. The van der Waals surface area contributed by atoms with E-state index < -0.39 is 9.84 Å². The third-order valence-corrected chi connectivity index (χ3v) is 6.80. The molecule has 1 aromatic heterocycles. The highest BCUT2D eigenvalue weighted by atomic mass is 32.2. The molecule has 33 heavy (non-hydrogen) atoms. The molecule has 0 spiro atoms. The standard InChI is InChI=1S/C25H23N3O4S/c1-18(29)26-20-11-13-21(14-12-20)27-25(30)16-28-15-24(22-9-5-6-10-23(22)28)33(31,32)17-19-7-3-2-4-8-19/h2-15H,16-17H2,1H3,(H,26,29)(H,27,30). The molecule has 3 aromatic carbocycles. The van der Waals surface area contributed by atoms with Gasteiger partial charge in [0, 0.05) is 35.4 Å². The number of carbonyl (C=O) groups is 2. The second-order valence-electron chi connectivity index (χ2n) is 7.69. The molecular formula is C25H23N3O4S. The van der Waals surface area contributed by atoms with E-state index in [9.17, 15) is 18.0 Å². The maximum absolute atomic E-state index is 13.2. The lowest BCUT2D eigenvalue weighted by Crippen LogP contribution is -2.18. The van der Waals surface area contributed by atoms with Crippen LogP contribution in [0, 0.1) is 0 Å². The Labute approximate surface area is 192 Å². The molecule has 0 saturated carbocycles. The molecule has 8 heteroatoms. The van der Waals surface area contributed by atoms with Gasteiger partial charge in [0.15, 0.2) is 9.84 Å². The van der Waals surface area contributed by atoms with Crippen molar-refractivity contribution in [3.8, 4) is 0 Å². The zero-order valence-corrected chi connectivity index (χ0v) is 18.8. The van der Waals surface area contributed by atoms with Crippen LogP contribution >= 0.6 is 0 Å². The van der Waals surface area contributed by atoms with E-state index in [0.29, 0.717) is 27.8 Å². The van der Waals surface area contributed by atoms with Gasteiger partial charge in [-0.1, -0.05) is 48.5 Å². The molecule has 2 N–H and O–H groups in total. The first-order chi connectivity index (χ1) is 15.8. The molecule has 4 aromatic rings. The number of nitrogens with zero attached hydrogens (tertiary/aromatic N) is 1. The minimum absolute atomic E-state index is 0.0468. The lowest BCUT2D eigenvalue weighted by molar-refractivity contribution is -0.116. The van der Waals surface area contributed by atoms with Gasteiger partial charge in [-0.25, -0.2) is 8.42 Å². The number of rotatable bonds is 7. The number of hydrogen-bond donors (Lipinski definition) is 2. The van der Waals surface area contributed by atoms with Crippen LogP contribution in [0.5, 0.6) is 0 Å². The lowest BCUT2D eigenvalue weighted by atomic mass is 10.2. The van der Waals surface area contributed by atoms with Crippen molar-refractivity contribution in [2.75, 3.05) is 10.6 Å². The van der Waals surface area contributed by atoms with Crippen LogP contribution in [0.3, 0.4) is 0 Å². The predicted octanol–water partition coefficient (Wildman–Crippen LogP) is 4.21. The third-order valence-electron chi connectivity index (χ3n) is 5.09. The number of para-hydroxylation sites is 1. The van der Waals surface area contributed by atoms with Gasteiger partial charge in [-0.3, -0.25) is 9.59 Å². The van der Waals surface area contributed by atoms with E-state index in [1.165, 1.54) is 13.1 Å². The summed E-state index contributed by atoms with van der Waals surface area (Å²) in [4.78, 5) is 24.0. The van der Waals surface area contributed by atoms with Crippen molar-refractivity contribution in [1.29, 1.82) is 0 Å². The Morgan fingerprint density at radius 2 is 1.42 bits per heavy atom. The summed E-state index contributed by atoms with van der Waals surface area (Å²) in [6.45, 7) is 1.38.